The fourth-order valence-electron chi connectivity index (χ4n) is 4.32. The predicted octanol–water partition coefficient (Wildman–Crippen LogP) is 3.10. The molecule has 2 atom stereocenters. The van der Waals surface area contributed by atoms with Crippen molar-refractivity contribution in [2.45, 2.75) is 70.9 Å². The van der Waals surface area contributed by atoms with Crippen LogP contribution in [0.4, 0.5) is 4.79 Å². The second-order valence-electron chi connectivity index (χ2n) is 8.53. The quantitative estimate of drug-likeness (QED) is 0.708. The van der Waals surface area contributed by atoms with Gasteiger partial charge in [-0.25, -0.2) is 4.79 Å². The number of carbonyl (C=O) groups excluding carboxylic acids is 3. The molecule has 1 aromatic rings. The van der Waals surface area contributed by atoms with Crippen molar-refractivity contribution in [3.8, 4) is 0 Å². The van der Waals surface area contributed by atoms with Gasteiger partial charge in [0, 0.05) is 6.04 Å². The highest BCUT2D eigenvalue weighted by Crippen LogP contribution is 2.39. The molecule has 2 aliphatic rings. The van der Waals surface area contributed by atoms with Gasteiger partial charge in [0.25, 0.3) is 5.91 Å². The molecule has 2 N–H and O–H groups in total. The van der Waals surface area contributed by atoms with Crippen LogP contribution in [0.2, 0.25) is 0 Å². The van der Waals surface area contributed by atoms with Crippen LogP contribution in [0, 0.1) is 5.92 Å². The Hall–Kier alpha value is -2.37. The van der Waals surface area contributed by atoms with Gasteiger partial charge in [-0.05, 0) is 49.7 Å². The first-order chi connectivity index (χ1) is 13.3. The van der Waals surface area contributed by atoms with Crippen molar-refractivity contribution < 1.29 is 14.4 Å². The molecule has 1 fully saturated rings. The molecule has 1 aliphatic carbocycles. The smallest absolute Gasteiger partial charge is 0.325 e. The van der Waals surface area contributed by atoms with Crippen molar-refractivity contribution in [1.29, 1.82) is 0 Å². The third-order valence-corrected chi connectivity index (χ3v) is 5.78. The van der Waals surface area contributed by atoms with Gasteiger partial charge in [0.1, 0.15) is 12.1 Å². The molecule has 0 saturated carbocycles. The van der Waals surface area contributed by atoms with Crippen molar-refractivity contribution in [2.24, 2.45) is 5.92 Å². The van der Waals surface area contributed by atoms with Crippen molar-refractivity contribution in [3.05, 3.63) is 35.4 Å². The van der Waals surface area contributed by atoms with Gasteiger partial charge in [0.05, 0.1) is 0 Å². The molecule has 4 amide bonds. The van der Waals surface area contributed by atoms with E-state index >= 15 is 0 Å². The Morgan fingerprint density at radius 1 is 1.21 bits per heavy atom. The lowest BCUT2D eigenvalue weighted by molar-refractivity contribution is -0.135. The summed E-state index contributed by atoms with van der Waals surface area (Å²) >= 11 is 0. The molecule has 6 heteroatoms. The number of rotatable bonds is 7. The largest absolute Gasteiger partial charge is 0.352 e. The minimum Gasteiger partial charge on any atom is -0.352 e. The minimum atomic E-state index is -1.02. The van der Waals surface area contributed by atoms with Crippen LogP contribution in [-0.4, -0.2) is 35.3 Å². The highest BCUT2D eigenvalue weighted by Gasteiger charge is 2.54. The van der Waals surface area contributed by atoms with Crippen molar-refractivity contribution in [2.75, 3.05) is 6.54 Å². The van der Waals surface area contributed by atoms with E-state index in [0.717, 1.165) is 48.1 Å². The SMILES string of the molecule is CC(C)CCC[C@@H](C)NC(=O)CN1C(=O)N[C@@]2(CCCc3ccccc32)C1=O. The summed E-state index contributed by atoms with van der Waals surface area (Å²) in [6.07, 6.45) is 5.35. The molecule has 0 unspecified atom stereocenters. The Morgan fingerprint density at radius 3 is 2.71 bits per heavy atom. The number of carbonyl (C=O) groups is 3. The van der Waals surface area contributed by atoms with Gasteiger partial charge in [-0.3, -0.25) is 14.5 Å². The molecule has 1 heterocycles. The van der Waals surface area contributed by atoms with E-state index in [1.807, 2.05) is 31.2 Å². The number of hydrogen-bond acceptors (Lipinski definition) is 3. The lowest BCUT2D eigenvalue weighted by Crippen LogP contribution is -2.47. The molecule has 0 bridgehead atoms. The Labute approximate surface area is 167 Å². The van der Waals surface area contributed by atoms with Crippen LogP contribution >= 0.6 is 0 Å². The van der Waals surface area contributed by atoms with E-state index < -0.39 is 11.6 Å². The van der Waals surface area contributed by atoms with Crippen LogP contribution in [0.5, 0.6) is 0 Å². The maximum Gasteiger partial charge on any atom is 0.325 e. The van der Waals surface area contributed by atoms with E-state index in [9.17, 15) is 14.4 Å². The maximum absolute atomic E-state index is 13.2. The van der Waals surface area contributed by atoms with Crippen molar-refractivity contribution in [1.82, 2.24) is 15.5 Å². The van der Waals surface area contributed by atoms with Gasteiger partial charge in [0.2, 0.25) is 5.91 Å². The zero-order valence-corrected chi connectivity index (χ0v) is 17.1. The molecule has 1 spiro atoms. The summed E-state index contributed by atoms with van der Waals surface area (Å²) < 4.78 is 0. The lowest BCUT2D eigenvalue weighted by Gasteiger charge is -2.33. The molecule has 1 saturated heterocycles. The maximum atomic E-state index is 13.2. The van der Waals surface area contributed by atoms with Crippen LogP contribution in [0.1, 0.15) is 64.0 Å². The van der Waals surface area contributed by atoms with E-state index in [4.69, 9.17) is 0 Å². The van der Waals surface area contributed by atoms with E-state index in [0.29, 0.717) is 12.3 Å². The summed E-state index contributed by atoms with van der Waals surface area (Å²) in [5, 5.41) is 5.81. The number of hydrogen-bond donors (Lipinski definition) is 2. The van der Waals surface area contributed by atoms with Crippen LogP contribution in [0.3, 0.4) is 0 Å². The second-order valence-corrected chi connectivity index (χ2v) is 8.53. The first-order valence-electron chi connectivity index (χ1n) is 10.4. The van der Waals surface area contributed by atoms with Crippen LogP contribution in [0.15, 0.2) is 24.3 Å². The van der Waals surface area contributed by atoms with Crippen molar-refractivity contribution in [3.63, 3.8) is 0 Å². The Morgan fingerprint density at radius 2 is 1.96 bits per heavy atom. The number of nitrogens with zero attached hydrogens (tertiary/aromatic N) is 1. The normalized spacial score (nSPS) is 22.4. The summed E-state index contributed by atoms with van der Waals surface area (Å²) in [7, 11) is 0. The first kappa shape index (κ1) is 20.4. The highest BCUT2D eigenvalue weighted by atomic mass is 16.2. The summed E-state index contributed by atoms with van der Waals surface area (Å²) in [5.41, 5.74) is 0.937. The van der Waals surface area contributed by atoms with E-state index in [1.54, 1.807) is 0 Å². The summed E-state index contributed by atoms with van der Waals surface area (Å²) in [6, 6.07) is 7.29. The zero-order chi connectivity index (χ0) is 20.3. The topological polar surface area (TPSA) is 78.5 Å². The van der Waals surface area contributed by atoms with Crippen molar-refractivity contribution >= 4 is 17.8 Å². The predicted molar refractivity (Wildman–Crippen MR) is 108 cm³/mol. The Balaban J connectivity index is 1.64. The zero-order valence-electron chi connectivity index (χ0n) is 17.1. The number of nitrogens with one attached hydrogen (secondary N) is 2. The summed E-state index contributed by atoms with van der Waals surface area (Å²) in [6.45, 7) is 6.09. The van der Waals surface area contributed by atoms with Gasteiger partial charge < -0.3 is 10.6 Å². The third kappa shape index (κ3) is 4.05. The highest BCUT2D eigenvalue weighted by molar-refractivity contribution is 6.09. The third-order valence-electron chi connectivity index (χ3n) is 5.78. The molecular weight excluding hydrogens is 354 g/mol. The molecule has 0 radical (unpaired) electrons. The second kappa shape index (κ2) is 8.33. The number of urea groups is 1. The Bertz CT molecular complexity index is 761. The van der Waals surface area contributed by atoms with Gasteiger partial charge in [0.15, 0.2) is 0 Å². The molecule has 1 aromatic carbocycles. The average molecular weight is 386 g/mol. The number of amides is 4. The molecule has 1 aliphatic heterocycles. The number of fused-ring (bicyclic) bond motifs is 2. The number of imide groups is 1. The number of aryl methyl sites for hydroxylation is 1. The molecule has 0 aromatic heterocycles. The Kier molecular flexibility index (Phi) is 6.06. The number of benzene rings is 1. The fourth-order valence-corrected chi connectivity index (χ4v) is 4.32. The fraction of sp³-hybridized carbons (Fsp3) is 0.591. The van der Waals surface area contributed by atoms with Crippen LogP contribution < -0.4 is 10.6 Å². The average Bonchev–Trinajstić information content (AvgIpc) is 2.86. The van der Waals surface area contributed by atoms with E-state index in [2.05, 4.69) is 24.5 Å². The van der Waals surface area contributed by atoms with E-state index in [1.165, 1.54) is 0 Å². The lowest BCUT2D eigenvalue weighted by atomic mass is 9.76. The van der Waals surface area contributed by atoms with Gasteiger partial charge in [-0.2, -0.15) is 0 Å². The van der Waals surface area contributed by atoms with Gasteiger partial charge >= 0.3 is 6.03 Å². The monoisotopic (exact) mass is 385 g/mol. The summed E-state index contributed by atoms with van der Waals surface area (Å²) in [4.78, 5) is 39.2. The molecular formula is C22H31N3O3. The first-order valence-corrected chi connectivity index (χ1v) is 10.4. The van der Waals surface area contributed by atoms with Gasteiger partial charge in [-0.15, -0.1) is 0 Å². The molecule has 6 nitrogen and oxygen atoms in total. The minimum absolute atomic E-state index is 0.0244. The summed E-state index contributed by atoms with van der Waals surface area (Å²) in [5.74, 6) is 0.0392. The molecule has 28 heavy (non-hydrogen) atoms. The standard InChI is InChI=1S/C22H31N3O3/c1-15(2)8-6-9-16(3)23-19(26)14-25-20(27)22(24-21(25)28)13-7-11-17-10-4-5-12-18(17)22/h4-5,10,12,15-16H,6-9,11,13-14H2,1-3H3,(H,23,26)(H,24,28)/t16-,22-/m1/s1. The molecule has 3 rings (SSSR count). The van der Waals surface area contributed by atoms with E-state index in [-0.39, 0.29) is 24.4 Å². The molecule has 152 valence electrons. The van der Waals surface area contributed by atoms with Crippen LogP contribution in [0.25, 0.3) is 0 Å². The van der Waals surface area contributed by atoms with Crippen LogP contribution in [-0.2, 0) is 21.5 Å². The van der Waals surface area contributed by atoms with Gasteiger partial charge in [-0.1, -0.05) is 51.0 Å².